The van der Waals surface area contributed by atoms with Crippen molar-refractivity contribution in [2.24, 2.45) is 0 Å². The van der Waals surface area contributed by atoms with E-state index >= 15 is 0 Å². The molecule has 2 heteroatoms. The van der Waals surface area contributed by atoms with Crippen LogP contribution in [0.15, 0.2) is 48.5 Å². The first-order valence-corrected chi connectivity index (χ1v) is 8.36. The molecule has 0 saturated heterocycles. The van der Waals surface area contributed by atoms with Crippen molar-refractivity contribution in [3.05, 3.63) is 65.2 Å². The van der Waals surface area contributed by atoms with Gasteiger partial charge in [0.05, 0.1) is 0 Å². The molecule has 0 spiro atoms. The predicted octanol–water partition coefficient (Wildman–Crippen LogP) is 5.57. The van der Waals surface area contributed by atoms with Gasteiger partial charge < -0.3 is 10.2 Å². The first-order valence-electron chi connectivity index (χ1n) is 8.36. The van der Waals surface area contributed by atoms with Gasteiger partial charge in [0, 0.05) is 0 Å². The fraction of sp³-hybridized carbons (Fsp3) is 0.333. The summed E-state index contributed by atoms with van der Waals surface area (Å²) in [6, 6.07) is 13.3. The fourth-order valence-corrected chi connectivity index (χ4v) is 3.45. The largest absolute Gasteiger partial charge is 0.508 e. The Kier molecular flexibility index (Phi) is 4.42. The van der Waals surface area contributed by atoms with Crippen LogP contribution in [-0.2, 0) is 0 Å². The summed E-state index contributed by atoms with van der Waals surface area (Å²) < 4.78 is 0. The SMILES string of the molecule is CC(C)c1cc(O)ccc1C1=CCC(c2ccc(O)cc2)CC1. The lowest BCUT2D eigenvalue weighted by Gasteiger charge is -2.24. The van der Waals surface area contributed by atoms with E-state index in [-0.39, 0.29) is 0 Å². The molecule has 1 unspecified atom stereocenters. The maximum atomic E-state index is 9.76. The molecule has 3 rings (SSSR count). The molecule has 1 aliphatic carbocycles. The van der Waals surface area contributed by atoms with Crippen molar-refractivity contribution in [3.63, 3.8) is 0 Å². The predicted molar refractivity (Wildman–Crippen MR) is 94.9 cm³/mol. The molecule has 120 valence electrons. The van der Waals surface area contributed by atoms with Crippen LogP contribution >= 0.6 is 0 Å². The van der Waals surface area contributed by atoms with Crippen LogP contribution in [-0.4, -0.2) is 10.2 Å². The lowest BCUT2D eigenvalue weighted by Crippen LogP contribution is -2.05. The molecule has 23 heavy (non-hydrogen) atoms. The molecule has 0 aromatic heterocycles. The van der Waals surface area contributed by atoms with E-state index < -0.39 is 0 Å². The van der Waals surface area contributed by atoms with Crippen molar-refractivity contribution in [3.8, 4) is 11.5 Å². The highest BCUT2D eigenvalue weighted by Crippen LogP contribution is 2.39. The lowest BCUT2D eigenvalue weighted by molar-refractivity contribution is 0.473. The van der Waals surface area contributed by atoms with E-state index in [1.54, 1.807) is 18.2 Å². The van der Waals surface area contributed by atoms with Crippen LogP contribution in [0.25, 0.3) is 5.57 Å². The maximum Gasteiger partial charge on any atom is 0.115 e. The van der Waals surface area contributed by atoms with Gasteiger partial charge in [-0.3, -0.25) is 0 Å². The molecule has 0 aliphatic heterocycles. The summed E-state index contributed by atoms with van der Waals surface area (Å²) in [5.41, 5.74) is 5.19. The minimum Gasteiger partial charge on any atom is -0.508 e. The fourth-order valence-electron chi connectivity index (χ4n) is 3.45. The number of hydrogen-bond donors (Lipinski definition) is 2. The number of benzene rings is 2. The molecule has 0 amide bonds. The molecule has 2 aromatic rings. The summed E-state index contributed by atoms with van der Waals surface area (Å²) >= 11 is 0. The Labute approximate surface area is 138 Å². The third kappa shape index (κ3) is 3.42. The van der Waals surface area contributed by atoms with Gasteiger partial charge in [-0.25, -0.2) is 0 Å². The van der Waals surface area contributed by atoms with Crippen molar-refractivity contribution in [1.29, 1.82) is 0 Å². The lowest BCUT2D eigenvalue weighted by atomic mass is 9.80. The van der Waals surface area contributed by atoms with Gasteiger partial charge in [-0.05, 0) is 77.6 Å². The zero-order valence-corrected chi connectivity index (χ0v) is 13.8. The van der Waals surface area contributed by atoms with Crippen molar-refractivity contribution in [2.45, 2.75) is 44.9 Å². The standard InChI is InChI=1S/C21H24O2/c1-14(2)21-13-19(23)11-12-20(21)17-5-3-15(4-6-17)16-7-9-18(22)10-8-16/h5,7-15,22-23H,3-4,6H2,1-2H3. The average molecular weight is 308 g/mol. The summed E-state index contributed by atoms with van der Waals surface area (Å²) in [6.45, 7) is 4.34. The summed E-state index contributed by atoms with van der Waals surface area (Å²) in [6.07, 6.45) is 5.54. The van der Waals surface area contributed by atoms with Gasteiger partial charge in [0.2, 0.25) is 0 Å². The Morgan fingerprint density at radius 2 is 1.65 bits per heavy atom. The normalized spacial score (nSPS) is 18.0. The highest BCUT2D eigenvalue weighted by Gasteiger charge is 2.19. The topological polar surface area (TPSA) is 40.5 Å². The molecular formula is C21H24O2. The molecule has 1 atom stereocenters. The van der Waals surface area contributed by atoms with Gasteiger partial charge in [0.1, 0.15) is 11.5 Å². The maximum absolute atomic E-state index is 9.76. The van der Waals surface area contributed by atoms with E-state index in [0.717, 1.165) is 19.3 Å². The van der Waals surface area contributed by atoms with Gasteiger partial charge >= 0.3 is 0 Å². The zero-order chi connectivity index (χ0) is 16.4. The third-order valence-electron chi connectivity index (χ3n) is 4.78. The summed E-state index contributed by atoms with van der Waals surface area (Å²) in [7, 11) is 0. The van der Waals surface area contributed by atoms with Crippen molar-refractivity contribution in [2.75, 3.05) is 0 Å². The zero-order valence-electron chi connectivity index (χ0n) is 13.8. The van der Waals surface area contributed by atoms with Crippen molar-refractivity contribution < 1.29 is 10.2 Å². The van der Waals surface area contributed by atoms with Crippen LogP contribution < -0.4 is 0 Å². The van der Waals surface area contributed by atoms with E-state index in [2.05, 4.69) is 26.0 Å². The Hall–Kier alpha value is -2.22. The molecular weight excluding hydrogens is 284 g/mol. The second-order valence-corrected chi connectivity index (χ2v) is 6.72. The molecule has 0 fully saturated rings. The molecule has 2 nitrogen and oxygen atoms in total. The van der Waals surface area contributed by atoms with E-state index in [4.69, 9.17) is 0 Å². The van der Waals surface area contributed by atoms with Gasteiger partial charge in [0.15, 0.2) is 0 Å². The highest BCUT2D eigenvalue weighted by atomic mass is 16.3. The van der Waals surface area contributed by atoms with Gasteiger partial charge in [-0.1, -0.05) is 38.1 Å². The second kappa shape index (κ2) is 6.49. The van der Waals surface area contributed by atoms with E-state index in [9.17, 15) is 10.2 Å². The summed E-state index contributed by atoms with van der Waals surface area (Å²) in [5, 5.41) is 19.2. The number of phenolic OH excluding ortho intramolecular Hbond substituents is 2. The number of rotatable bonds is 3. The number of hydrogen-bond acceptors (Lipinski definition) is 2. The second-order valence-electron chi connectivity index (χ2n) is 6.72. The van der Waals surface area contributed by atoms with Crippen LogP contribution in [0.2, 0.25) is 0 Å². The monoisotopic (exact) mass is 308 g/mol. The highest BCUT2D eigenvalue weighted by molar-refractivity contribution is 5.70. The van der Waals surface area contributed by atoms with Crippen molar-refractivity contribution >= 4 is 5.57 Å². The van der Waals surface area contributed by atoms with Crippen LogP contribution in [0.1, 0.15) is 61.6 Å². The quantitative estimate of drug-likeness (QED) is 0.778. The summed E-state index contributed by atoms with van der Waals surface area (Å²) in [5.74, 6) is 1.59. The van der Waals surface area contributed by atoms with Gasteiger partial charge in [-0.2, -0.15) is 0 Å². The minimum absolute atomic E-state index is 0.325. The van der Waals surface area contributed by atoms with E-state index in [1.165, 1.54) is 22.3 Å². The third-order valence-corrected chi connectivity index (χ3v) is 4.78. The minimum atomic E-state index is 0.325. The number of allylic oxidation sites excluding steroid dienone is 2. The Morgan fingerprint density at radius 3 is 2.26 bits per heavy atom. The van der Waals surface area contributed by atoms with Gasteiger partial charge in [-0.15, -0.1) is 0 Å². The summed E-state index contributed by atoms with van der Waals surface area (Å²) in [4.78, 5) is 0. The van der Waals surface area contributed by atoms with Crippen LogP contribution in [0, 0.1) is 0 Å². The first kappa shape index (κ1) is 15.7. The van der Waals surface area contributed by atoms with Crippen LogP contribution in [0.3, 0.4) is 0 Å². The van der Waals surface area contributed by atoms with E-state index in [1.807, 2.05) is 18.2 Å². The van der Waals surface area contributed by atoms with E-state index in [0.29, 0.717) is 23.3 Å². The Balaban J connectivity index is 1.83. The first-order chi connectivity index (χ1) is 11.0. The molecule has 1 aliphatic rings. The molecule has 0 saturated carbocycles. The number of aromatic hydroxyl groups is 2. The molecule has 2 N–H and O–H groups in total. The van der Waals surface area contributed by atoms with Crippen LogP contribution in [0.4, 0.5) is 0 Å². The molecule has 0 heterocycles. The Bertz CT molecular complexity index is 711. The smallest absolute Gasteiger partial charge is 0.115 e. The van der Waals surface area contributed by atoms with Crippen molar-refractivity contribution in [1.82, 2.24) is 0 Å². The molecule has 0 bridgehead atoms. The van der Waals surface area contributed by atoms with Gasteiger partial charge in [0.25, 0.3) is 0 Å². The Morgan fingerprint density at radius 1 is 0.957 bits per heavy atom. The van der Waals surface area contributed by atoms with Crippen LogP contribution in [0.5, 0.6) is 11.5 Å². The number of phenols is 2. The average Bonchev–Trinajstić information content (AvgIpc) is 2.56. The molecule has 2 aromatic carbocycles. The molecule has 0 radical (unpaired) electrons.